The summed E-state index contributed by atoms with van der Waals surface area (Å²) in [7, 11) is 0. The van der Waals surface area contributed by atoms with Crippen LogP contribution in [0.1, 0.15) is 54.8 Å². The number of nitrogens with zero attached hydrogens (tertiary/aromatic N) is 5. The number of aryl methyl sites for hydroxylation is 1. The molecule has 4 aromatic rings. The Morgan fingerprint density at radius 2 is 1.75 bits per heavy atom. The minimum atomic E-state index is -0.677. The maximum Gasteiger partial charge on any atom is 0.213 e. The lowest BCUT2D eigenvalue weighted by molar-refractivity contribution is 0.255. The lowest BCUT2D eigenvalue weighted by Gasteiger charge is -2.24. The quantitative estimate of drug-likeness (QED) is 0.179. The summed E-state index contributed by atoms with van der Waals surface area (Å²) in [4.78, 5) is 8.39. The van der Waals surface area contributed by atoms with E-state index in [2.05, 4.69) is 64.5 Å². The molecule has 44 heavy (non-hydrogen) atoms. The number of halogens is 3. The van der Waals surface area contributed by atoms with Gasteiger partial charge in [0, 0.05) is 46.8 Å². The number of hydrazine groups is 2. The number of aromatic nitrogens is 2. The summed E-state index contributed by atoms with van der Waals surface area (Å²) >= 11 is 0. The van der Waals surface area contributed by atoms with Crippen molar-refractivity contribution in [3.8, 4) is 12.1 Å². The van der Waals surface area contributed by atoms with Crippen molar-refractivity contribution in [2.75, 3.05) is 17.2 Å². The molecule has 9 nitrogen and oxygen atoms in total. The third kappa shape index (κ3) is 6.36. The average Bonchev–Trinajstić information content (AvgIpc) is 3.44. The molecule has 0 saturated heterocycles. The van der Waals surface area contributed by atoms with E-state index in [0.717, 1.165) is 0 Å². The Morgan fingerprint density at radius 3 is 2.41 bits per heavy atom. The second-order valence-corrected chi connectivity index (χ2v) is 11.6. The highest BCUT2D eigenvalue weighted by Crippen LogP contribution is 2.35. The average molecular weight is 598 g/mol. The SMILES string of the molecule is Cc1nc(F)ccc1[C@H](Nc1cc(C#N)c2ncc(C#N)c(NCC(C)(C)C)c2c1)C1=CN(Cc2c(F)cccc2F)NN1. The van der Waals surface area contributed by atoms with Gasteiger partial charge in [-0.2, -0.15) is 14.9 Å². The maximum absolute atomic E-state index is 14.4. The molecule has 0 amide bonds. The fourth-order valence-electron chi connectivity index (χ4n) is 4.89. The van der Waals surface area contributed by atoms with Crippen LogP contribution in [-0.4, -0.2) is 21.5 Å². The fourth-order valence-corrected chi connectivity index (χ4v) is 4.89. The first-order valence-electron chi connectivity index (χ1n) is 13.8. The summed E-state index contributed by atoms with van der Waals surface area (Å²) in [5.41, 5.74) is 9.39. The molecule has 3 heterocycles. The molecule has 224 valence electrons. The third-order valence-corrected chi connectivity index (χ3v) is 7.06. The van der Waals surface area contributed by atoms with E-state index in [1.807, 2.05) is 0 Å². The van der Waals surface area contributed by atoms with Gasteiger partial charge in [-0.1, -0.05) is 32.9 Å². The molecule has 5 rings (SSSR count). The van der Waals surface area contributed by atoms with Gasteiger partial charge in [-0.25, -0.2) is 13.8 Å². The summed E-state index contributed by atoms with van der Waals surface area (Å²) in [6.07, 6.45) is 3.09. The van der Waals surface area contributed by atoms with E-state index >= 15 is 0 Å². The number of pyridine rings is 2. The van der Waals surface area contributed by atoms with E-state index < -0.39 is 23.6 Å². The van der Waals surface area contributed by atoms with Gasteiger partial charge in [0.25, 0.3) is 0 Å². The van der Waals surface area contributed by atoms with E-state index in [-0.39, 0.29) is 23.1 Å². The summed E-state index contributed by atoms with van der Waals surface area (Å²) in [6.45, 7) is 8.29. The molecule has 12 heteroatoms. The number of rotatable bonds is 8. The van der Waals surface area contributed by atoms with E-state index in [1.54, 1.807) is 31.3 Å². The summed E-state index contributed by atoms with van der Waals surface area (Å²) in [5, 5.41) is 28.7. The maximum atomic E-state index is 14.4. The molecular formula is C32H30F3N9. The molecule has 0 bridgehead atoms. The van der Waals surface area contributed by atoms with Gasteiger partial charge in [-0.15, -0.1) is 5.53 Å². The summed E-state index contributed by atoms with van der Waals surface area (Å²) < 4.78 is 42.7. The monoisotopic (exact) mass is 597 g/mol. The topological polar surface area (TPSA) is 125 Å². The Balaban J connectivity index is 1.58. The predicted octanol–water partition coefficient (Wildman–Crippen LogP) is 6.08. The van der Waals surface area contributed by atoms with Crippen LogP contribution in [0.3, 0.4) is 0 Å². The molecule has 4 N–H and O–H groups in total. The second-order valence-electron chi connectivity index (χ2n) is 11.6. The van der Waals surface area contributed by atoms with Crippen LogP contribution in [0.5, 0.6) is 0 Å². The number of anilines is 2. The fraction of sp³-hybridized carbons (Fsp3) is 0.250. The number of benzene rings is 2. The van der Waals surface area contributed by atoms with Crippen molar-refractivity contribution in [2.45, 2.75) is 40.3 Å². The highest BCUT2D eigenvalue weighted by Gasteiger charge is 2.26. The molecule has 0 fully saturated rings. The normalized spacial score (nSPS) is 13.6. The number of nitrogens with one attached hydrogen (secondary N) is 4. The van der Waals surface area contributed by atoms with E-state index in [1.165, 1.54) is 35.5 Å². The minimum absolute atomic E-state index is 0.0977. The number of nitriles is 2. The molecule has 2 aromatic carbocycles. The Morgan fingerprint density at radius 1 is 1.02 bits per heavy atom. The highest BCUT2D eigenvalue weighted by molar-refractivity contribution is 5.99. The second kappa shape index (κ2) is 12.1. The van der Waals surface area contributed by atoms with Gasteiger partial charge in [0.05, 0.1) is 40.6 Å². The van der Waals surface area contributed by atoms with Gasteiger partial charge in [0.1, 0.15) is 23.8 Å². The number of fused-ring (bicyclic) bond motifs is 1. The molecule has 1 aliphatic rings. The van der Waals surface area contributed by atoms with Crippen LogP contribution in [0.2, 0.25) is 0 Å². The van der Waals surface area contributed by atoms with Crippen LogP contribution in [0, 0.1) is 52.6 Å². The summed E-state index contributed by atoms with van der Waals surface area (Å²) in [6, 6.07) is 13.7. The van der Waals surface area contributed by atoms with Crippen molar-refractivity contribution in [2.24, 2.45) is 5.41 Å². The van der Waals surface area contributed by atoms with Gasteiger partial charge in [-0.05, 0) is 42.7 Å². The van der Waals surface area contributed by atoms with E-state index in [0.29, 0.717) is 51.3 Å². The van der Waals surface area contributed by atoms with Crippen molar-refractivity contribution in [1.29, 1.82) is 10.5 Å². The molecule has 0 spiro atoms. The van der Waals surface area contributed by atoms with Gasteiger partial charge in [0.2, 0.25) is 5.95 Å². The first-order valence-corrected chi connectivity index (χ1v) is 13.8. The Kier molecular flexibility index (Phi) is 8.30. The van der Waals surface area contributed by atoms with Gasteiger partial charge >= 0.3 is 0 Å². The van der Waals surface area contributed by atoms with Crippen molar-refractivity contribution < 1.29 is 13.2 Å². The van der Waals surface area contributed by atoms with Crippen molar-refractivity contribution >= 4 is 22.3 Å². The van der Waals surface area contributed by atoms with Crippen molar-refractivity contribution in [3.63, 3.8) is 0 Å². The van der Waals surface area contributed by atoms with Crippen LogP contribution in [0.15, 0.2) is 60.6 Å². The van der Waals surface area contributed by atoms with Crippen LogP contribution >= 0.6 is 0 Å². The van der Waals surface area contributed by atoms with Crippen LogP contribution < -0.4 is 21.6 Å². The van der Waals surface area contributed by atoms with Crippen molar-refractivity contribution in [1.82, 2.24) is 25.9 Å². The molecule has 0 aliphatic carbocycles. The van der Waals surface area contributed by atoms with Crippen molar-refractivity contribution in [3.05, 3.63) is 106 Å². The molecular weight excluding hydrogens is 567 g/mol. The number of hydrogen-bond donors (Lipinski definition) is 4. The largest absolute Gasteiger partial charge is 0.383 e. The molecule has 0 saturated carbocycles. The molecule has 2 aromatic heterocycles. The van der Waals surface area contributed by atoms with Crippen LogP contribution in [-0.2, 0) is 6.54 Å². The van der Waals surface area contributed by atoms with Gasteiger partial charge in [-0.3, -0.25) is 9.99 Å². The Bertz CT molecular complexity index is 1830. The summed E-state index contributed by atoms with van der Waals surface area (Å²) in [5.74, 6) is -2.00. The predicted molar refractivity (Wildman–Crippen MR) is 161 cm³/mol. The molecule has 1 atom stereocenters. The van der Waals surface area contributed by atoms with E-state index in [9.17, 15) is 23.7 Å². The number of hydrogen-bond acceptors (Lipinski definition) is 9. The lowest BCUT2D eigenvalue weighted by Crippen LogP contribution is -2.37. The van der Waals surface area contributed by atoms with Gasteiger partial charge < -0.3 is 16.1 Å². The lowest BCUT2D eigenvalue weighted by atomic mass is 9.96. The Hall–Kier alpha value is -5.33. The van der Waals surface area contributed by atoms with Gasteiger partial charge in [0.15, 0.2) is 0 Å². The highest BCUT2D eigenvalue weighted by atomic mass is 19.1. The zero-order valence-electron chi connectivity index (χ0n) is 24.6. The first kappa shape index (κ1) is 30.1. The smallest absolute Gasteiger partial charge is 0.213 e. The molecule has 0 unspecified atom stereocenters. The third-order valence-electron chi connectivity index (χ3n) is 7.06. The van der Waals surface area contributed by atoms with Crippen LogP contribution in [0.25, 0.3) is 10.9 Å². The standard InChI is InChI=1S/C32H30F3N9/c1-18-22(8-9-28(35)40-18)31(27-16-44(43-42-27)15-24-25(33)6-5-7-26(24)34)41-21-10-19(12-36)29-23(11-21)30(20(13-37)14-38-29)39-17-32(2,3)4/h5-11,14,16,31,41-43H,15,17H2,1-4H3,(H,38,39)/t31-/m0/s1. The van der Waals surface area contributed by atoms with E-state index in [4.69, 9.17) is 0 Å². The minimum Gasteiger partial charge on any atom is -0.383 e. The zero-order chi connectivity index (χ0) is 31.6. The Labute approximate surface area is 253 Å². The first-order chi connectivity index (χ1) is 21.0. The molecule has 0 radical (unpaired) electrons. The van der Waals surface area contributed by atoms with Crippen LogP contribution in [0.4, 0.5) is 24.5 Å². The zero-order valence-corrected chi connectivity index (χ0v) is 24.6. The molecule has 1 aliphatic heterocycles.